The predicted octanol–water partition coefficient (Wildman–Crippen LogP) is 5.43. The van der Waals surface area contributed by atoms with Crippen LogP contribution in [0.4, 0.5) is 0 Å². The number of aromatic nitrogens is 1. The Balaban J connectivity index is 2.79. The van der Waals surface area contributed by atoms with Crippen LogP contribution in [0.15, 0.2) is 22.7 Å². The van der Waals surface area contributed by atoms with Crippen LogP contribution in [0.3, 0.4) is 0 Å². The molecule has 16 heavy (non-hydrogen) atoms. The molecule has 0 radical (unpaired) electrons. The summed E-state index contributed by atoms with van der Waals surface area (Å²) >= 11 is 15.7. The fraction of sp³-hybridized carbons (Fsp3) is 0.250. The van der Waals surface area contributed by atoms with Gasteiger partial charge in [-0.1, -0.05) is 53.0 Å². The number of benzene rings is 1. The zero-order valence-corrected chi connectivity index (χ0v) is 12.0. The second kappa shape index (κ2) is 4.52. The standard InChI is InChI=1S/C12H10BrCl2N/c1-6(2)9-4-7-3-8(13)5-10(14)11(7)16-12(9)15/h3-6H,1-2H3. The molecule has 1 aromatic carbocycles. The van der Waals surface area contributed by atoms with Crippen LogP contribution in [-0.2, 0) is 0 Å². The Kier molecular flexibility index (Phi) is 3.43. The summed E-state index contributed by atoms with van der Waals surface area (Å²) in [6.07, 6.45) is 0. The summed E-state index contributed by atoms with van der Waals surface area (Å²) < 4.78 is 0.948. The number of hydrogen-bond donors (Lipinski definition) is 0. The Morgan fingerprint density at radius 3 is 2.50 bits per heavy atom. The van der Waals surface area contributed by atoms with Gasteiger partial charge in [0, 0.05) is 9.86 Å². The molecule has 1 aromatic heterocycles. The van der Waals surface area contributed by atoms with Gasteiger partial charge in [-0.3, -0.25) is 0 Å². The average molecular weight is 319 g/mol. The van der Waals surface area contributed by atoms with E-state index >= 15 is 0 Å². The normalized spacial score (nSPS) is 11.4. The maximum absolute atomic E-state index is 6.13. The van der Waals surface area contributed by atoms with Crippen molar-refractivity contribution in [2.24, 2.45) is 0 Å². The molecule has 2 aromatic rings. The molecule has 0 aliphatic heterocycles. The van der Waals surface area contributed by atoms with E-state index in [2.05, 4.69) is 34.8 Å². The molecule has 0 bridgehead atoms. The third kappa shape index (κ3) is 2.20. The van der Waals surface area contributed by atoms with Gasteiger partial charge in [-0.2, -0.15) is 0 Å². The molecule has 4 heteroatoms. The first-order valence-corrected chi connectivity index (χ1v) is 6.49. The van der Waals surface area contributed by atoms with Gasteiger partial charge >= 0.3 is 0 Å². The second-order valence-electron chi connectivity index (χ2n) is 3.98. The van der Waals surface area contributed by atoms with Gasteiger partial charge in [-0.05, 0) is 29.7 Å². The summed E-state index contributed by atoms with van der Waals surface area (Å²) in [6, 6.07) is 5.87. The summed E-state index contributed by atoms with van der Waals surface area (Å²) in [5.74, 6) is 0.349. The van der Waals surface area contributed by atoms with Crippen molar-refractivity contribution in [2.45, 2.75) is 19.8 Å². The molecular formula is C12H10BrCl2N. The molecular weight excluding hydrogens is 309 g/mol. The average Bonchev–Trinajstić information content (AvgIpc) is 2.18. The largest absolute Gasteiger partial charge is 0.234 e. The lowest BCUT2D eigenvalue weighted by atomic mass is 10.0. The summed E-state index contributed by atoms with van der Waals surface area (Å²) in [5, 5.41) is 2.15. The van der Waals surface area contributed by atoms with Crippen molar-refractivity contribution >= 4 is 50.0 Å². The molecule has 1 nitrogen and oxygen atoms in total. The van der Waals surface area contributed by atoms with Crippen molar-refractivity contribution in [1.29, 1.82) is 0 Å². The van der Waals surface area contributed by atoms with E-state index in [-0.39, 0.29) is 0 Å². The van der Waals surface area contributed by atoms with E-state index in [0.717, 1.165) is 20.9 Å². The van der Waals surface area contributed by atoms with Crippen molar-refractivity contribution in [3.8, 4) is 0 Å². The van der Waals surface area contributed by atoms with E-state index in [1.54, 1.807) is 0 Å². The van der Waals surface area contributed by atoms with Gasteiger partial charge in [0.05, 0.1) is 10.5 Å². The minimum absolute atomic E-state index is 0.349. The highest BCUT2D eigenvalue weighted by Gasteiger charge is 2.10. The van der Waals surface area contributed by atoms with Gasteiger partial charge in [0.1, 0.15) is 5.15 Å². The predicted molar refractivity (Wildman–Crippen MR) is 73.6 cm³/mol. The Bertz CT molecular complexity index is 552. The van der Waals surface area contributed by atoms with Gasteiger partial charge in [0.2, 0.25) is 0 Å². The lowest BCUT2D eigenvalue weighted by molar-refractivity contribution is 0.862. The van der Waals surface area contributed by atoms with Gasteiger partial charge in [-0.25, -0.2) is 4.98 Å². The Hall–Kier alpha value is -0.310. The first-order chi connectivity index (χ1) is 7.49. The van der Waals surface area contributed by atoms with Gasteiger partial charge < -0.3 is 0 Å². The van der Waals surface area contributed by atoms with Crippen molar-refractivity contribution in [2.75, 3.05) is 0 Å². The van der Waals surface area contributed by atoms with Crippen LogP contribution in [0.1, 0.15) is 25.3 Å². The molecule has 0 aliphatic rings. The molecule has 1 heterocycles. The van der Waals surface area contributed by atoms with Crippen LogP contribution < -0.4 is 0 Å². The quantitative estimate of drug-likeness (QED) is 0.639. The fourth-order valence-electron chi connectivity index (χ4n) is 1.61. The third-order valence-electron chi connectivity index (χ3n) is 2.44. The molecule has 0 spiro atoms. The van der Waals surface area contributed by atoms with Crippen molar-refractivity contribution in [3.05, 3.63) is 38.4 Å². The first-order valence-electron chi connectivity index (χ1n) is 4.94. The van der Waals surface area contributed by atoms with Crippen molar-refractivity contribution < 1.29 is 0 Å². The van der Waals surface area contributed by atoms with Crippen LogP contribution >= 0.6 is 39.1 Å². The number of hydrogen-bond acceptors (Lipinski definition) is 1. The summed E-state index contributed by atoms with van der Waals surface area (Å²) in [7, 11) is 0. The molecule has 2 rings (SSSR count). The Labute approximate surface area is 113 Å². The summed E-state index contributed by atoms with van der Waals surface area (Å²) in [4.78, 5) is 4.35. The lowest BCUT2D eigenvalue weighted by Gasteiger charge is -2.10. The van der Waals surface area contributed by atoms with Crippen molar-refractivity contribution in [1.82, 2.24) is 4.98 Å². The fourth-order valence-corrected chi connectivity index (χ4v) is 2.84. The second-order valence-corrected chi connectivity index (χ2v) is 5.66. The van der Waals surface area contributed by atoms with Crippen LogP contribution in [0.2, 0.25) is 10.2 Å². The molecule has 0 fully saturated rings. The molecule has 84 valence electrons. The molecule has 0 saturated carbocycles. The van der Waals surface area contributed by atoms with Gasteiger partial charge in [0.25, 0.3) is 0 Å². The number of nitrogens with zero attached hydrogens (tertiary/aromatic N) is 1. The SMILES string of the molecule is CC(C)c1cc2cc(Br)cc(Cl)c2nc1Cl. The summed E-state index contributed by atoms with van der Waals surface area (Å²) in [6.45, 7) is 4.18. The molecule has 0 amide bonds. The van der Waals surface area contributed by atoms with E-state index < -0.39 is 0 Å². The van der Waals surface area contributed by atoms with Crippen LogP contribution in [0, 0.1) is 0 Å². The van der Waals surface area contributed by atoms with Gasteiger partial charge in [-0.15, -0.1) is 0 Å². The molecule has 0 atom stereocenters. The Morgan fingerprint density at radius 2 is 1.88 bits per heavy atom. The maximum atomic E-state index is 6.13. The molecule has 0 aliphatic carbocycles. The topological polar surface area (TPSA) is 12.9 Å². The number of pyridine rings is 1. The highest BCUT2D eigenvalue weighted by atomic mass is 79.9. The van der Waals surface area contributed by atoms with E-state index in [4.69, 9.17) is 23.2 Å². The maximum Gasteiger partial charge on any atom is 0.133 e. The van der Waals surface area contributed by atoms with Crippen LogP contribution in [-0.4, -0.2) is 4.98 Å². The monoisotopic (exact) mass is 317 g/mol. The zero-order valence-electron chi connectivity index (χ0n) is 8.89. The van der Waals surface area contributed by atoms with E-state index in [1.807, 2.05) is 18.2 Å². The molecule has 0 unspecified atom stereocenters. The highest BCUT2D eigenvalue weighted by molar-refractivity contribution is 9.10. The zero-order chi connectivity index (χ0) is 11.9. The smallest absolute Gasteiger partial charge is 0.133 e. The van der Waals surface area contributed by atoms with Gasteiger partial charge in [0.15, 0.2) is 0 Å². The van der Waals surface area contributed by atoms with E-state index in [1.165, 1.54) is 0 Å². The Morgan fingerprint density at radius 1 is 1.19 bits per heavy atom. The minimum atomic E-state index is 0.349. The number of rotatable bonds is 1. The summed E-state index contributed by atoms with van der Waals surface area (Å²) in [5.41, 5.74) is 1.79. The van der Waals surface area contributed by atoms with Crippen LogP contribution in [0.5, 0.6) is 0 Å². The van der Waals surface area contributed by atoms with Crippen molar-refractivity contribution in [3.63, 3.8) is 0 Å². The number of halogens is 3. The minimum Gasteiger partial charge on any atom is -0.234 e. The third-order valence-corrected chi connectivity index (χ3v) is 3.49. The lowest BCUT2D eigenvalue weighted by Crippen LogP contribution is -1.93. The highest BCUT2D eigenvalue weighted by Crippen LogP contribution is 2.32. The number of fused-ring (bicyclic) bond motifs is 1. The van der Waals surface area contributed by atoms with E-state index in [0.29, 0.717) is 16.1 Å². The van der Waals surface area contributed by atoms with Crippen LogP contribution in [0.25, 0.3) is 10.9 Å². The molecule has 0 N–H and O–H groups in total. The first kappa shape index (κ1) is 12.2. The van der Waals surface area contributed by atoms with E-state index in [9.17, 15) is 0 Å². The molecule has 0 saturated heterocycles.